The van der Waals surface area contributed by atoms with Crippen LogP contribution in [0.25, 0.3) is 21.7 Å². The van der Waals surface area contributed by atoms with Gasteiger partial charge in [-0.2, -0.15) is 0 Å². The molecule has 176 valence electrons. The van der Waals surface area contributed by atoms with Gasteiger partial charge in [-0.15, -0.1) is 11.3 Å². The van der Waals surface area contributed by atoms with Crippen molar-refractivity contribution in [2.24, 2.45) is 0 Å². The van der Waals surface area contributed by atoms with Crippen molar-refractivity contribution in [2.45, 2.75) is 32.9 Å². The molecule has 0 atom stereocenters. The standard InChI is InChI=1S/C27H24N4O2S2/c1-16-8-7-9-17(2)24(16)31-25(33)20-10-5-6-11-22(20)29-27(31)35-15-23(32)21-14-18(3)30(19(21)4)26-28-12-13-34-26/h5-14H,15H2,1-4H3. The van der Waals surface area contributed by atoms with Gasteiger partial charge in [-0.25, -0.2) is 9.97 Å². The molecule has 0 bridgehead atoms. The number of carbonyl (C=O) groups excluding carboxylic acids is 1. The number of carbonyl (C=O) groups is 1. The molecule has 0 saturated heterocycles. The van der Waals surface area contributed by atoms with E-state index in [1.54, 1.807) is 16.8 Å². The van der Waals surface area contributed by atoms with E-state index in [2.05, 4.69) is 4.98 Å². The van der Waals surface area contributed by atoms with E-state index in [0.29, 0.717) is 21.6 Å². The van der Waals surface area contributed by atoms with Gasteiger partial charge in [-0.1, -0.05) is 42.1 Å². The van der Waals surface area contributed by atoms with Gasteiger partial charge in [-0.3, -0.25) is 18.7 Å². The summed E-state index contributed by atoms with van der Waals surface area (Å²) in [5.41, 5.74) is 5.74. The number of para-hydroxylation sites is 2. The minimum atomic E-state index is -0.134. The lowest BCUT2D eigenvalue weighted by Crippen LogP contribution is -2.23. The van der Waals surface area contributed by atoms with Crippen LogP contribution < -0.4 is 5.56 Å². The third-order valence-electron chi connectivity index (χ3n) is 6.08. The molecular formula is C27H24N4O2S2. The monoisotopic (exact) mass is 500 g/mol. The van der Waals surface area contributed by atoms with Crippen LogP contribution in [0.15, 0.2) is 70.1 Å². The summed E-state index contributed by atoms with van der Waals surface area (Å²) in [6, 6.07) is 15.2. The average Bonchev–Trinajstić information content (AvgIpc) is 3.46. The van der Waals surface area contributed by atoms with Crippen LogP contribution >= 0.6 is 23.1 Å². The van der Waals surface area contributed by atoms with Gasteiger partial charge in [0.2, 0.25) is 0 Å². The summed E-state index contributed by atoms with van der Waals surface area (Å²) in [6.07, 6.45) is 1.76. The van der Waals surface area contributed by atoms with Crippen LogP contribution in [0, 0.1) is 27.7 Å². The van der Waals surface area contributed by atoms with E-state index in [1.165, 1.54) is 23.1 Å². The fourth-order valence-electron chi connectivity index (χ4n) is 4.44. The van der Waals surface area contributed by atoms with E-state index in [1.807, 2.05) is 80.1 Å². The second kappa shape index (κ2) is 9.28. The number of aryl methyl sites for hydroxylation is 3. The third kappa shape index (κ3) is 4.13. The topological polar surface area (TPSA) is 69.8 Å². The van der Waals surface area contributed by atoms with Gasteiger partial charge in [0.1, 0.15) is 0 Å². The van der Waals surface area contributed by atoms with Crippen molar-refractivity contribution in [3.63, 3.8) is 0 Å². The maximum absolute atomic E-state index is 13.6. The van der Waals surface area contributed by atoms with Gasteiger partial charge in [0.25, 0.3) is 5.56 Å². The van der Waals surface area contributed by atoms with Crippen LogP contribution in [-0.2, 0) is 0 Å². The van der Waals surface area contributed by atoms with Crippen LogP contribution in [-0.4, -0.2) is 30.6 Å². The van der Waals surface area contributed by atoms with Crippen molar-refractivity contribution in [1.29, 1.82) is 0 Å². The SMILES string of the molecule is Cc1cccc(C)c1-n1c(SCC(=O)c2cc(C)n(-c3nccs3)c2C)nc2ccccc2c1=O. The average molecular weight is 501 g/mol. The Bertz CT molecular complexity index is 1610. The van der Waals surface area contributed by atoms with Gasteiger partial charge >= 0.3 is 0 Å². The largest absolute Gasteiger partial charge is 0.294 e. The molecule has 6 nitrogen and oxygen atoms in total. The molecule has 8 heteroatoms. The quantitative estimate of drug-likeness (QED) is 0.166. The van der Waals surface area contributed by atoms with Gasteiger partial charge in [0.05, 0.1) is 22.3 Å². The van der Waals surface area contributed by atoms with Gasteiger partial charge in [0, 0.05) is 28.5 Å². The second-order valence-corrected chi connectivity index (χ2v) is 10.3. The summed E-state index contributed by atoms with van der Waals surface area (Å²) < 4.78 is 3.66. The maximum atomic E-state index is 13.6. The Labute approximate surface area is 211 Å². The Hall–Kier alpha value is -3.49. The van der Waals surface area contributed by atoms with Crippen molar-refractivity contribution in [3.05, 3.63) is 98.5 Å². The first-order valence-corrected chi connectivity index (χ1v) is 13.1. The third-order valence-corrected chi connectivity index (χ3v) is 7.78. The first-order valence-electron chi connectivity index (χ1n) is 11.2. The predicted molar refractivity (Wildman–Crippen MR) is 143 cm³/mol. The zero-order chi connectivity index (χ0) is 24.7. The fourth-order valence-corrected chi connectivity index (χ4v) is 6.07. The van der Waals surface area contributed by atoms with Crippen molar-refractivity contribution in [2.75, 3.05) is 5.75 Å². The highest BCUT2D eigenvalue weighted by Crippen LogP contribution is 2.28. The van der Waals surface area contributed by atoms with Crippen LogP contribution in [0.5, 0.6) is 0 Å². The Balaban J connectivity index is 1.56. The van der Waals surface area contributed by atoms with Gasteiger partial charge < -0.3 is 0 Å². The van der Waals surface area contributed by atoms with Crippen LogP contribution in [0.4, 0.5) is 0 Å². The minimum absolute atomic E-state index is 0.0126. The predicted octanol–water partition coefficient (Wildman–Crippen LogP) is 5.84. The number of nitrogens with zero attached hydrogens (tertiary/aromatic N) is 4. The number of rotatable bonds is 6. The molecule has 0 aliphatic rings. The number of benzene rings is 2. The summed E-state index contributed by atoms with van der Waals surface area (Å²) in [4.78, 5) is 36.2. The highest BCUT2D eigenvalue weighted by Gasteiger charge is 2.21. The van der Waals surface area contributed by atoms with E-state index in [4.69, 9.17) is 4.98 Å². The number of aromatic nitrogens is 4. The molecule has 0 aliphatic carbocycles. The number of thiazole rings is 1. The molecule has 0 spiro atoms. The number of hydrogen-bond donors (Lipinski definition) is 0. The van der Waals surface area contributed by atoms with E-state index in [0.717, 1.165) is 33.3 Å². The number of thioether (sulfide) groups is 1. The normalized spacial score (nSPS) is 11.3. The van der Waals surface area contributed by atoms with Crippen molar-refractivity contribution >= 4 is 39.8 Å². The molecule has 3 aromatic heterocycles. The molecule has 0 aliphatic heterocycles. The molecule has 5 aromatic rings. The molecule has 0 amide bonds. The molecular weight excluding hydrogens is 476 g/mol. The zero-order valence-electron chi connectivity index (χ0n) is 19.9. The summed E-state index contributed by atoms with van der Waals surface area (Å²) >= 11 is 2.82. The fraction of sp³-hybridized carbons (Fsp3) is 0.185. The highest BCUT2D eigenvalue weighted by atomic mass is 32.2. The van der Waals surface area contributed by atoms with E-state index < -0.39 is 0 Å². The van der Waals surface area contributed by atoms with E-state index in [9.17, 15) is 9.59 Å². The molecule has 0 fully saturated rings. The molecule has 0 N–H and O–H groups in total. The Morgan fingerprint density at radius 1 is 1.00 bits per heavy atom. The lowest BCUT2D eigenvalue weighted by atomic mass is 10.1. The zero-order valence-corrected chi connectivity index (χ0v) is 21.5. The molecule has 0 radical (unpaired) electrons. The molecule has 5 rings (SSSR count). The van der Waals surface area contributed by atoms with Crippen molar-refractivity contribution in [3.8, 4) is 10.8 Å². The van der Waals surface area contributed by atoms with Crippen molar-refractivity contribution < 1.29 is 4.79 Å². The Morgan fingerprint density at radius 3 is 2.46 bits per heavy atom. The summed E-state index contributed by atoms with van der Waals surface area (Å²) in [5.74, 6) is 0.152. The maximum Gasteiger partial charge on any atom is 0.266 e. The van der Waals surface area contributed by atoms with Crippen LogP contribution in [0.3, 0.4) is 0 Å². The van der Waals surface area contributed by atoms with Gasteiger partial charge in [-0.05, 0) is 57.0 Å². The molecule has 0 saturated carbocycles. The molecule has 35 heavy (non-hydrogen) atoms. The lowest BCUT2D eigenvalue weighted by Gasteiger charge is -2.17. The van der Waals surface area contributed by atoms with Crippen LogP contribution in [0.2, 0.25) is 0 Å². The number of fused-ring (bicyclic) bond motifs is 1. The molecule has 2 aromatic carbocycles. The van der Waals surface area contributed by atoms with E-state index >= 15 is 0 Å². The number of hydrogen-bond acceptors (Lipinski definition) is 6. The van der Waals surface area contributed by atoms with Gasteiger partial charge in [0.15, 0.2) is 16.1 Å². The molecule has 0 unspecified atom stereocenters. The Morgan fingerprint density at radius 2 is 1.74 bits per heavy atom. The lowest BCUT2D eigenvalue weighted by molar-refractivity contribution is 0.102. The smallest absolute Gasteiger partial charge is 0.266 e. The Kier molecular flexibility index (Phi) is 6.17. The second-order valence-electron chi connectivity index (χ2n) is 8.44. The first-order chi connectivity index (χ1) is 16.9. The summed E-state index contributed by atoms with van der Waals surface area (Å²) in [5, 5.41) is 3.82. The van der Waals surface area contributed by atoms with E-state index in [-0.39, 0.29) is 17.1 Å². The summed E-state index contributed by atoms with van der Waals surface area (Å²) in [7, 11) is 0. The van der Waals surface area contributed by atoms with Crippen LogP contribution in [0.1, 0.15) is 32.9 Å². The first kappa shape index (κ1) is 23.3. The highest BCUT2D eigenvalue weighted by molar-refractivity contribution is 7.99. The van der Waals surface area contributed by atoms with Crippen molar-refractivity contribution in [1.82, 2.24) is 19.1 Å². The number of ketones is 1. The molecule has 3 heterocycles. The number of Topliss-reactive ketones (excluding diaryl/α,β-unsaturated/α-hetero) is 1. The minimum Gasteiger partial charge on any atom is -0.294 e. The summed E-state index contributed by atoms with van der Waals surface area (Å²) in [6.45, 7) is 7.88.